The number of aliphatic hydroxyl groups excluding tert-OH is 1. The summed E-state index contributed by atoms with van der Waals surface area (Å²) in [5.74, 6) is -7.05. The average molecular weight is 868 g/mol. The third-order valence-electron chi connectivity index (χ3n) is 15.6. The van der Waals surface area contributed by atoms with Crippen LogP contribution in [0.4, 0.5) is 0 Å². The Morgan fingerprint density at radius 2 is 1.58 bits per heavy atom. The number of ketones is 2. The van der Waals surface area contributed by atoms with E-state index in [0.717, 1.165) is 6.42 Å². The predicted molar refractivity (Wildman–Crippen MR) is 230 cm³/mol. The number of carbonyl (C=O) groups is 4. The van der Waals surface area contributed by atoms with E-state index in [1.807, 2.05) is 48.5 Å². The lowest BCUT2D eigenvalue weighted by Gasteiger charge is -2.53. The van der Waals surface area contributed by atoms with Crippen molar-refractivity contribution in [2.24, 2.45) is 41.4 Å². The molecule has 13 nitrogen and oxygen atoms in total. The van der Waals surface area contributed by atoms with Crippen LogP contribution in [-0.2, 0) is 42.9 Å². The smallest absolute Gasteiger partial charge is 0.337 e. The average Bonchev–Trinajstić information content (AvgIpc) is 3.61. The van der Waals surface area contributed by atoms with E-state index in [1.54, 1.807) is 43.3 Å². The largest absolute Gasteiger partial charge is 0.392 e. The third-order valence-corrected chi connectivity index (χ3v) is 15.6. The number of hydroxylamine groups is 1. The van der Waals surface area contributed by atoms with E-state index >= 15 is 0 Å². The minimum atomic E-state index is -1.59. The van der Waals surface area contributed by atoms with Crippen LogP contribution in [0.5, 0.6) is 0 Å². The van der Waals surface area contributed by atoms with E-state index < -0.39 is 88.8 Å². The van der Waals surface area contributed by atoms with Crippen LogP contribution in [0.2, 0.25) is 0 Å². The fraction of sp³-hybridized carbons (Fsp3) is 0.755. The molecule has 2 spiro atoms. The highest BCUT2D eigenvalue weighted by Gasteiger charge is 2.63. The maximum Gasteiger partial charge on any atom is 0.337 e. The molecule has 0 unspecified atom stereocenters. The number of amides is 1. The summed E-state index contributed by atoms with van der Waals surface area (Å²) in [6.45, 7) is 19.4. The van der Waals surface area contributed by atoms with Gasteiger partial charge in [-0.25, -0.2) is 4.79 Å². The normalized spacial score (nSPS) is 39.8. The standard InChI is InChI=1S/C49H73NO12/c1-11-35(45(55)60-50-44(54)34-17-15-14-16-18-34)37-20-19-28(4)42(58-37)32(8)40(52)31(7)41(53)36(12-2)43-29(5)27-30(6)48(59-43)24-21-38(51)49(62-48)26-25-46(10,61-49)39-22-23-47(56,13-3)33(9)57-39/h14-18,21,24,28-33,35-37,39-40,42-43,52,56H,11-13,19-20,22-23,25-27H2,1-10H3,(H,50,54)/t28-,29-,30+,31-,32-,33-,35+,36-,37+,39+,40+,42+,43-,46-,47+,48-,49-/m0/s1. The van der Waals surface area contributed by atoms with Gasteiger partial charge in [-0.1, -0.05) is 73.6 Å². The lowest BCUT2D eigenvalue weighted by molar-refractivity contribution is -0.378. The summed E-state index contributed by atoms with van der Waals surface area (Å²) in [5, 5.41) is 23.0. The fourth-order valence-electron chi connectivity index (χ4n) is 11.2. The molecule has 1 aromatic rings. The molecule has 5 aliphatic rings. The SMILES string of the molecule is CC[C@@H](C(=O)[C@@H](C)[C@@H](O)[C@H](C)[C@@H]1O[C@@H]([C@@H](CC)C(=O)ONC(=O)c2ccccc2)CC[C@@H]1C)[C@H]1O[C@]2(C=CC(=O)[C@]3(CC[C@@](C)([C@H]4CC[C@](O)(CC)[C@H](C)O4)O3)O2)[C@H](C)C[C@@H]1C. The van der Waals surface area contributed by atoms with Crippen LogP contribution in [0.3, 0.4) is 0 Å². The Morgan fingerprint density at radius 1 is 0.887 bits per heavy atom. The van der Waals surface area contributed by atoms with Crippen molar-refractivity contribution in [3.05, 3.63) is 48.0 Å². The van der Waals surface area contributed by atoms with Gasteiger partial charge in [0.2, 0.25) is 11.6 Å². The molecule has 17 atom stereocenters. The molecular formula is C49H73NO12. The first-order valence-corrected chi connectivity index (χ1v) is 23.4. The van der Waals surface area contributed by atoms with Gasteiger partial charge in [0.1, 0.15) is 5.78 Å². The Kier molecular flexibility index (Phi) is 15.0. The van der Waals surface area contributed by atoms with Crippen molar-refractivity contribution < 1.29 is 57.9 Å². The van der Waals surface area contributed by atoms with Gasteiger partial charge in [0.05, 0.1) is 53.7 Å². The summed E-state index contributed by atoms with van der Waals surface area (Å²) in [4.78, 5) is 59.5. The van der Waals surface area contributed by atoms with Gasteiger partial charge in [-0.3, -0.25) is 14.4 Å². The van der Waals surface area contributed by atoms with Crippen LogP contribution in [0.25, 0.3) is 0 Å². The van der Waals surface area contributed by atoms with Gasteiger partial charge in [-0.2, -0.15) is 5.48 Å². The lowest BCUT2D eigenvalue weighted by atomic mass is 9.72. The van der Waals surface area contributed by atoms with Gasteiger partial charge in [0.15, 0.2) is 5.79 Å². The van der Waals surface area contributed by atoms with Crippen molar-refractivity contribution >= 4 is 23.4 Å². The number of nitrogens with one attached hydrogen (secondary N) is 1. The molecule has 346 valence electrons. The topological polar surface area (TPSA) is 176 Å². The number of ether oxygens (including phenoxy) is 5. The third kappa shape index (κ3) is 9.37. The quantitative estimate of drug-likeness (QED) is 0.170. The van der Waals surface area contributed by atoms with Gasteiger partial charge in [-0.15, -0.1) is 0 Å². The Morgan fingerprint density at radius 3 is 2.23 bits per heavy atom. The molecule has 62 heavy (non-hydrogen) atoms. The Hall–Kier alpha value is -3.04. The zero-order valence-electron chi connectivity index (χ0n) is 38.6. The molecule has 1 amide bonds. The molecule has 5 aliphatic heterocycles. The van der Waals surface area contributed by atoms with Crippen molar-refractivity contribution in [2.45, 2.75) is 193 Å². The zero-order valence-corrected chi connectivity index (χ0v) is 38.6. The minimum Gasteiger partial charge on any atom is -0.392 e. The fourth-order valence-corrected chi connectivity index (χ4v) is 11.2. The predicted octanol–water partition coefficient (Wildman–Crippen LogP) is 7.20. The summed E-state index contributed by atoms with van der Waals surface area (Å²) >= 11 is 0. The van der Waals surface area contributed by atoms with E-state index in [9.17, 15) is 29.4 Å². The number of hydrogen-bond acceptors (Lipinski definition) is 12. The van der Waals surface area contributed by atoms with Gasteiger partial charge < -0.3 is 38.7 Å². The van der Waals surface area contributed by atoms with Gasteiger partial charge in [0, 0.05) is 35.7 Å². The zero-order chi connectivity index (χ0) is 45.4. The summed E-state index contributed by atoms with van der Waals surface area (Å²) in [5.41, 5.74) is 0.894. The van der Waals surface area contributed by atoms with Crippen LogP contribution in [0.15, 0.2) is 42.5 Å². The molecule has 13 heteroatoms. The number of rotatable bonds is 13. The Labute approximate surface area is 368 Å². The van der Waals surface area contributed by atoms with Crippen LogP contribution < -0.4 is 5.48 Å². The molecular weight excluding hydrogens is 795 g/mol. The van der Waals surface area contributed by atoms with Crippen molar-refractivity contribution in [3.8, 4) is 0 Å². The monoisotopic (exact) mass is 868 g/mol. The summed E-state index contributed by atoms with van der Waals surface area (Å²) in [7, 11) is 0. The first kappa shape index (κ1) is 48.4. The second kappa shape index (κ2) is 19.2. The molecule has 6 rings (SSSR count). The molecule has 0 saturated carbocycles. The second-order valence-corrected chi connectivity index (χ2v) is 19.6. The first-order valence-electron chi connectivity index (χ1n) is 23.4. The van der Waals surface area contributed by atoms with Gasteiger partial charge >= 0.3 is 5.97 Å². The molecule has 4 fully saturated rings. The van der Waals surface area contributed by atoms with Gasteiger partial charge in [0.25, 0.3) is 5.91 Å². The van der Waals surface area contributed by atoms with E-state index in [-0.39, 0.29) is 35.4 Å². The Balaban J connectivity index is 1.12. The molecule has 0 aliphatic carbocycles. The molecule has 1 aromatic carbocycles. The maximum atomic E-state index is 14.6. The molecule has 0 bridgehead atoms. The highest BCUT2D eigenvalue weighted by Crippen LogP contribution is 2.53. The van der Waals surface area contributed by atoms with Gasteiger partial charge in [-0.05, 0) is 108 Å². The van der Waals surface area contributed by atoms with Crippen LogP contribution in [-0.4, -0.2) is 93.1 Å². The van der Waals surface area contributed by atoms with E-state index in [0.29, 0.717) is 63.4 Å². The van der Waals surface area contributed by atoms with E-state index in [4.69, 9.17) is 28.5 Å². The van der Waals surface area contributed by atoms with Crippen molar-refractivity contribution in [1.82, 2.24) is 5.48 Å². The van der Waals surface area contributed by atoms with Crippen molar-refractivity contribution in [3.63, 3.8) is 0 Å². The summed E-state index contributed by atoms with van der Waals surface area (Å²) < 4.78 is 33.6. The number of carbonyl (C=O) groups excluding carboxylic acids is 4. The highest BCUT2D eigenvalue weighted by atomic mass is 16.8. The van der Waals surface area contributed by atoms with Crippen LogP contribution >= 0.6 is 0 Å². The first-order chi connectivity index (χ1) is 29.3. The van der Waals surface area contributed by atoms with Crippen LogP contribution in [0, 0.1) is 41.4 Å². The second-order valence-electron chi connectivity index (χ2n) is 19.6. The lowest BCUT2D eigenvalue weighted by Crippen LogP contribution is -2.62. The molecule has 0 radical (unpaired) electrons. The van der Waals surface area contributed by atoms with Crippen LogP contribution in [0.1, 0.15) is 144 Å². The number of benzene rings is 1. The minimum absolute atomic E-state index is 0.0354. The Bertz CT molecular complexity index is 1790. The number of Topliss-reactive ketones (excluding diaryl/α,β-unsaturated/α-hetero) is 1. The number of hydrogen-bond donors (Lipinski definition) is 3. The molecule has 3 N–H and O–H groups in total. The van der Waals surface area contributed by atoms with Crippen molar-refractivity contribution in [1.29, 1.82) is 0 Å². The summed E-state index contributed by atoms with van der Waals surface area (Å²) in [6, 6.07) is 8.49. The maximum absolute atomic E-state index is 14.6. The number of aliphatic hydroxyl groups is 2. The molecule has 5 heterocycles. The molecule has 4 saturated heterocycles. The van der Waals surface area contributed by atoms with E-state index in [2.05, 4.69) is 19.3 Å². The van der Waals surface area contributed by atoms with Crippen molar-refractivity contribution in [2.75, 3.05) is 0 Å². The highest BCUT2D eigenvalue weighted by molar-refractivity contribution is 5.97. The molecule has 0 aromatic heterocycles. The summed E-state index contributed by atoms with van der Waals surface area (Å²) in [6.07, 6.45) is 5.37. The van der Waals surface area contributed by atoms with E-state index in [1.165, 1.54) is 6.08 Å².